The summed E-state index contributed by atoms with van der Waals surface area (Å²) in [6.07, 6.45) is 0.836. The number of aromatic nitrogens is 2. The number of hydrogen-bond acceptors (Lipinski definition) is 4. The Kier molecular flexibility index (Phi) is 4.71. The van der Waals surface area contributed by atoms with Gasteiger partial charge in [0.25, 0.3) is 0 Å². The largest absolute Gasteiger partial charge is 0.481 e. The molecule has 0 aliphatic rings. The fraction of sp³-hybridized carbons (Fsp3) is 0.333. The molecule has 2 rings (SSSR count). The van der Waals surface area contributed by atoms with E-state index in [1.165, 1.54) is 0 Å². The van der Waals surface area contributed by atoms with Crippen molar-refractivity contribution in [3.05, 3.63) is 40.0 Å². The maximum absolute atomic E-state index is 8.87. The van der Waals surface area contributed by atoms with E-state index in [0.29, 0.717) is 17.1 Å². The molecule has 0 amide bonds. The molecule has 1 N–H and O–H groups in total. The highest BCUT2D eigenvalue weighted by atomic mass is 35.5. The summed E-state index contributed by atoms with van der Waals surface area (Å²) in [7, 11) is 3.50. The van der Waals surface area contributed by atoms with Crippen LogP contribution in [-0.4, -0.2) is 16.9 Å². The monoisotopic (exact) mass is 304 g/mol. The summed E-state index contributed by atoms with van der Waals surface area (Å²) in [4.78, 5) is 0. The quantitative estimate of drug-likeness (QED) is 0.922. The van der Waals surface area contributed by atoms with Crippen molar-refractivity contribution in [3.63, 3.8) is 0 Å². The maximum Gasteiger partial charge on any atom is 0.216 e. The topological polar surface area (TPSA) is 62.9 Å². The fourth-order valence-electron chi connectivity index (χ4n) is 2.23. The Hall–Kier alpha value is -2.19. The van der Waals surface area contributed by atoms with Gasteiger partial charge in [-0.15, -0.1) is 0 Å². The number of methoxy groups -OCH3 is 1. The van der Waals surface area contributed by atoms with E-state index in [9.17, 15) is 0 Å². The van der Waals surface area contributed by atoms with E-state index < -0.39 is 0 Å². The lowest BCUT2D eigenvalue weighted by molar-refractivity contribution is 0.370. The van der Waals surface area contributed by atoms with Crippen LogP contribution in [0.5, 0.6) is 5.88 Å². The minimum atomic E-state index is 0.441. The Morgan fingerprint density at radius 3 is 2.81 bits per heavy atom. The van der Waals surface area contributed by atoms with E-state index in [1.807, 2.05) is 19.2 Å². The second kappa shape index (κ2) is 6.51. The molecule has 0 aliphatic carbocycles. The molecular weight excluding hydrogens is 288 g/mol. The molecule has 0 aliphatic heterocycles. The molecule has 1 aromatic heterocycles. The summed E-state index contributed by atoms with van der Waals surface area (Å²) >= 11 is 6.03. The first-order chi connectivity index (χ1) is 10.1. The lowest BCUT2D eigenvalue weighted by atomic mass is 10.2. The van der Waals surface area contributed by atoms with Gasteiger partial charge in [0.15, 0.2) is 0 Å². The molecule has 110 valence electrons. The molecular formula is C15H17ClN4O. The van der Waals surface area contributed by atoms with Gasteiger partial charge in [0.2, 0.25) is 5.88 Å². The van der Waals surface area contributed by atoms with Gasteiger partial charge >= 0.3 is 0 Å². The van der Waals surface area contributed by atoms with Gasteiger partial charge in [-0.3, -0.25) is 0 Å². The molecule has 0 unspecified atom stereocenters. The van der Waals surface area contributed by atoms with Crippen molar-refractivity contribution < 1.29 is 4.74 Å². The highest BCUT2D eigenvalue weighted by Gasteiger charge is 2.15. The summed E-state index contributed by atoms with van der Waals surface area (Å²) in [5.41, 5.74) is 3.35. The second-order valence-corrected chi connectivity index (χ2v) is 4.98. The van der Waals surface area contributed by atoms with E-state index >= 15 is 0 Å². The Morgan fingerprint density at radius 2 is 2.24 bits per heavy atom. The van der Waals surface area contributed by atoms with Crippen LogP contribution >= 0.6 is 11.6 Å². The normalized spacial score (nSPS) is 10.2. The van der Waals surface area contributed by atoms with Gasteiger partial charge < -0.3 is 10.1 Å². The van der Waals surface area contributed by atoms with Crippen LogP contribution in [0.4, 0.5) is 5.69 Å². The first-order valence-electron chi connectivity index (χ1n) is 6.63. The number of halogens is 1. The third-order valence-electron chi connectivity index (χ3n) is 3.26. The molecule has 5 nitrogen and oxygen atoms in total. The first-order valence-corrected chi connectivity index (χ1v) is 7.00. The molecule has 1 aromatic carbocycles. The highest BCUT2D eigenvalue weighted by Crippen LogP contribution is 2.25. The molecule has 2 aromatic rings. The van der Waals surface area contributed by atoms with Gasteiger partial charge in [0, 0.05) is 19.3 Å². The number of hydrogen-bond donors (Lipinski definition) is 1. The Morgan fingerprint density at radius 1 is 1.48 bits per heavy atom. The zero-order valence-electron chi connectivity index (χ0n) is 12.3. The van der Waals surface area contributed by atoms with Crippen molar-refractivity contribution in [2.24, 2.45) is 7.05 Å². The minimum Gasteiger partial charge on any atom is -0.481 e. The van der Waals surface area contributed by atoms with Gasteiger partial charge in [-0.25, -0.2) is 4.68 Å². The van der Waals surface area contributed by atoms with E-state index in [4.69, 9.17) is 21.6 Å². The number of ether oxygens (including phenoxy) is 1. The van der Waals surface area contributed by atoms with Gasteiger partial charge in [-0.05, 0) is 24.6 Å². The minimum absolute atomic E-state index is 0.441. The van der Waals surface area contributed by atoms with Crippen LogP contribution in [0.2, 0.25) is 5.02 Å². The number of anilines is 1. The van der Waals surface area contributed by atoms with E-state index in [2.05, 4.69) is 17.3 Å². The summed E-state index contributed by atoms with van der Waals surface area (Å²) in [6.45, 7) is 2.65. The van der Waals surface area contributed by atoms with Crippen molar-refractivity contribution in [1.82, 2.24) is 9.78 Å². The molecule has 0 saturated heterocycles. The molecule has 0 saturated carbocycles. The molecule has 0 fully saturated rings. The average molecular weight is 305 g/mol. The van der Waals surface area contributed by atoms with Gasteiger partial charge in [-0.1, -0.05) is 18.5 Å². The standard InChI is InChI=1S/C15H17ClN4O/c1-4-14-12(15(21-3)20(2)19-14)9-18-11-6-5-10(8-17)13(16)7-11/h5-7,18H,4,9H2,1-3H3. The molecule has 0 bridgehead atoms. The number of nitrogens with one attached hydrogen (secondary N) is 1. The van der Waals surface area contributed by atoms with E-state index in [1.54, 1.807) is 23.9 Å². The Labute approximate surface area is 129 Å². The lowest BCUT2D eigenvalue weighted by Crippen LogP contribution is -2.03. The van der Waals surface area contributed by atoms with Crippen LogP contribution in [-0.2, 0) is 20.0 Å². The number of nitrogens with zero attached hydrogens (tertiary/aromatic N) is 3. The van der Waals surface area contributed by atoms with Gasteiger partial charge in [-0.2, -0.15) is 10.4 Å². The van der Waals surface area contributed by atoms with Crippen LogP contribution in [0.1, 0.15) is 23.7 Å². The van der Waals surface area contributed by atoms with Crippen molar-refractivity contribution in [3.8, 4) is 11.9 Å². The molecule has 1 heterocycles. The molecule has 0 radical (unpaired) electrons. The van der Waals surface area contributed by atoms with Crippen LogP contribution in [0.25, 0.3) is 0 Å². The zero-order chi connectivity index (χ0) is 15.4. The van der Waals surface area contributed by atoms with Crippen molar-refractivity contribution in [2.75, 3.05) is 12.4 Å². The van der Waals surface area contributed by atoms with Crippen molar-refractivity contribution >= 4 is 17.3 Å². The molecule has 0 spiro atoms. The van der Waals surface area contributed by atoms with Crippen molar-refractivity contribution in [2.45, 2.75) is 19.9 Å². The Bertz CT molecular complexity index is 688. The van der Waals surface area contributed by atoms with Crippen LogP contribution in [0.3, 0.4) is 0 Å². The number of benzene rings is 1. The third-order valence-corrected chi connectivity index (χ3v) is 3.57. The molecule has 21 heavy (non-hydrogen) atoms. The summed E-state index contributed by atoms with van der Waals surface area (Å²) in [5, 5.41) is 17.0. The second-order valence-electron chi connectivity index (χ2n) is 4.57. The van der Waals surface area contributed by atoms with Gasteiger partial charge in [0.1, 0.15) is 6.07 Å². The van der Waals surface area contributed by atoms with E-state index in [0.717, 1.165) is 29.2 Å². The van der Waals surface area contributed by atoms with E-state index in [-0.39, 0.29) is 0 Å². The average Bonchev–Trinajstić information content (AvgIpc) is 2.80. The molecule has 0 atom stereocenters. The predicted octanol–water partition coefficient (Wildman–Crippen LogP) is 3.13. The molecule has 6 heteroatoms. The maximum atomic E-state index is 8.87. The van der Waals surface area contributed by atoms with Crippen LogP contribution in [0, 0.1) is 11.3 Å². The number of nitriles is 1. The van der Waals surface area contributed by atoms with Crippen molar-refractivity contribution in [1.29, 1.82) is 5.26 Å². The smallest absolute Gasteiger partial charge is 0.216 e. The third kappa shape index (κ3) is 3.11. The SMILES string of the molecule is CCc1nn(C)c(OC)c1CNc1ccc(C#N)c(Cl)c1. The number of aryl methyl sites for hydroxylation is 2. The summed E-state index contributed by atoms with van der Waals surface area (Å²) < 4.78 is 7.14. The van der Waals surface area contributed by atoms with Gasteiger partial charge in [0.05, 0.1) is 29.0 Å². The summed E-state index contributed by atoms with van der Waals surface area (Å²) in [5.74, 6) is 0.749. The van der Waals surface area contributed by atoms with Crippen LogP contribution in [0.15, 0.2) is 18.2 Å². The van der Waals surface area contributed by atoms with Crippen LogP contribution < -0.4 is 10.1 Å². The number of rotatable bonds is 5. The highest BCUT2D eigenvalue weighted by molar-refractivity contribution is 6.32. The first kappa shape index (κ1) is 15.2. The fourth-order valence-corrected chi connectivity index (χ4v) is 2.45. The Balaban J connectivity index is 2.20. The zero-order valence-corrected chi connectivity index (χ0v) is 13.0. The predicted molar refractivity (Wildman–Crippen MR) is 82.6 cm³/mol. The lowest BCUT2D eigenvalue weighted by Gasteiger charge is -2.09. The summed E-state index contributed by atoms with van der Waals surface area (Å²) in [6, 6.07) is 7.32.